The van der Waals surface area contributed by atoms with Crippen LogP contribution in [0.3, 0.4) is 0 Å². The SMILES string of the molecule is COc1ccc(C2=C(c3ccc(S(C)(=O)=O)cc3)CCC2=O)nc1. The molecule has 2 aromatic rings. The van der Waals surface area contributed by atoms with E-state index in [-0.39, 0.29) is 10.7 Å². The van der Waals surface area contributed by atoms with E-state index >= 15 is 0 Å². The predicted octanol–water partition coefficient (Wildman–Crippen LogP) is 2.77. The number of ether oxygens (including phenoxy) is 1. The van der Waals surface area contributed by atoms with Gasteiger partial charge in [0.1, 0.15) is 5.75 Å². The molecule has 0 unspecified atom stereocenters. The van der Waals surface area contributed by atoms with Gasteiger partial charge in [-0.05, 0) is 41.8 Å². The molecule has 124 valence electrons. The van der Waals surface area contributed by atoms with Crippen LogP contribution in [0.2, 0.25) is 0 Å². The van der Waals surface area contributed by atoms with Gasteiger partial charge in [-0.2, -0.15) is 0 Å². The third-order valence-electron chi connectivity index (χ3n) is 4.04. The van der Waals surface area contributed by atoms with Crippen LogP contribution in [0.25, 0.3) is 11.1 Å². The van der Waals surface area contributed by atoms with Crippen molar-refractivity contribution < 1.29 is 17.9 Å². The van der Waals surface area contributed by atoms with Crippen LogP contribution >= 0.6 is 0 Å². The first-order valence-corrected chi connectivity index (χ1v) is 9.36. The summed E-state index contributed by atoms with van der Waals surface area (Å²) in [5.74, 6) is 0.679. The van der Waals surface area contributed by atoms with Gasteiger partial charge in [-0.15, -0.1) is 0 Å². The van der Waals surface area contributed by atoms with Crippen LogP contribution in [-0.4, -0.2) is 32.6 Å². The maximum atomic E-state index is 12.3. The fraction of sp³-hybridized carbons (Fsp3) is 0.222. The van der Waals surface area contributed by atoms with Crippen molar-refractivity contribution in [2.75, 3.05) is 13.4 Å². The molecule has 0 radical (unpaired) electrons. The number of carbonyl (C=O) groups is 1. The van der Waals surface area contributed by atoms with Gasteiger partial charge in [0, 0.05) is 18.2 Å². The topological polar surface area (TPSA) is 73.3 Å². The number of hydrogen-bond acceptors (Lipinski definition) is 5. The van der Waals surface area contributed by atoms with Crippen LogP contribution in [0.5, 0.6) is 5.75 Å². The van der Waals surface area contributed by atoms with Crippen molar-refractivity contribution in [1.29, 1.82) is 0 Å². The van der Waals surface area contributed by atoms with Gasteiger partial charge in [0.25, 0.3) is 0 Å². The molecule has 0 aliphatic heterocycles. The Labute approximate surface area is 140 Å². The third kappa shape index (κ3) is 3.10. The molecule has 0 saturated carbocycles. The van der Waals surface area contributed by atoms with Crippen molar-refractivity contribution in [2.45, 2.75) is 17.7 Å². The zero-order valence-corrected chi connectivity index (χ0v) is 14.3. The molecule has 0 bridgehead atoms. The first-order chi connectivity index (χ1) is 11.4. The highest BCUT2D eigenvalue weighted by Crippen LogP contribution is 2.37. The van der Waals surface area contributed by atoms with Crippen LogP contribution < -0.4 is 4.74 Å². The van der Waals surface area contributed by atoms with E-state index in [9.17, 15) is 13.2 Å². The van der Waals surface area contributed by atoms with Gasteiger partial charge < -0.3 is 4.74 Å². The minimum absolute atomic E-state index is 0.0508. The highest BCUT2D eigenvalue weighted by molar-refractivity contribution is 7.90. The van der Waals surface area contributed by atoms with E-state index in [1.807, 2.05) is 0 Å². The summed E-state index contributed by atoms with van der Waals surface area (Å²) in [4.78, 5) is 16.9. The highest BCUT2D eigenvalue weighted by Gasteiger charge is 2.26. The van der Waals surface area contributed by atoms with E-state index in [2.05, 4.69) is 4.98 Å². The molecule has 1 aromatic carbocycles. The first-order valence-electron chi connectivity index (χ1n) is 7.47. The molecule has 0 N–H and O–H groups in total. The lowest BCUT2D eigenvalue weighted by molar-refractivity contribution is -0.113. The number of pyridine rings is 1. The third-order valence-corrected chi connectivity index (χ3v) is 5.17. The standard InChI is InChI=1S/C18H17NO4S/c1-23-13-5-9-16(19-11-13)18-15(8-10-17(18)20)12-3-6-14(7-4-12)24(2,21)22/h3-7,9,11H,8,10H2,1-2H3. The molecule has 0 spiro atoms. The molecule has 0 saturated heterocycles. The number of rotatable bonds is 4. The summed E-state index contributed by atoms with van der Waals surface area (Å²) in [6, 6.07) is 10.2. The van der Waals surface area contributed by atoms with E-state index in [0.717, 1.165) is 11.1 Å². The predicted molar refractivity (Wildman–Crippen MR) is 91.4 cm³/mol. The maximum absolute atomic E-state index is 12.3. The molecule has 1 heterocycles. The number of aromatic nitrogens is 1. The van der Waals surface area contributed by atoms with Gasteiger partial charge in [0.2, 0.25) is 0 Å². The van der Waals surface area contributed by atoms with Crippen molar-refractivity contribution in [2.24, 2.45) is 0 Å². The molecule has 0 atom stereocenters. The number of ketones is 1. The molecule has 0 amide bonds. The molecule has 0 fully saturated rings. The van der Waals surface area contributed by atoms with Crippen molar-refractivity contribution in [3.63, 3.8) is 0 Å². The molecular weight excluding hydrogens is 326 g/mol. The van der Waals surface area contributed by atoms with E-state index < -0.39 is 9.84 Å². The van der Waals surface area contributed by atoms with Gasteiger partial charge in [-0.1, -0.05) is 12.1 Å². The van der Waals surface area contributed by atoms with E-state index in [0.29, 0.717) is 29.9 Å². The average molecular weight is 343 g/mol. The molecular formula is C18H17NO4S. The summed E-state index contributed by atoms with van der Waals surface area (Å²) < 4.78 is 28.2. The van der Waals surface area contributed by atoms with E-state index in [4.69, 9.17) is 4.74 Å². The Hall–Kier alpha value is -2.47. The van der Waals surface area contributed by atoms with Crippen LogP contribution in [0.1, 0.15) is 24.1 Å². The number of sulfone groups is 1. The van der Waals surface area contributed by atoms with E-state index in [1.54, 1.807) is 49.7 Å². The normalized spacial score (nSPS) is 15.0. The quantitative estimate of drug-likeness (QED) is 0.853. The molecule has 5 nitrogen and oxygen atoms in total. The maximum Gasteiger partial charge on any atom is 0.175 e. The smallest absolute Gasteiger partial charge is 0.175 e. The van der Waals surface area contributed by atoms with Crippen molar-refractivity contribution >= 4 is 26.8 Å². The Morgan fingerprint density at radius 2 is 1.75 bits per heavy atom. The number of nitrogens with zero attached hydrogens (tertiary/aromatic N) is 1. The first kappa shape index (κ1) is 16.4. The van der Waals surface area contributed by atoms with Gasteiger partial charge in [0.05, 0.1) is 23.9 Å². The Morgan fingerprint density at radius 1 is 1.04 bits per heavy atom. The zero-order valence-electron chi connectivity index (χ0n) is 13.4. The minimum atomic E-state index is -3.24. The van der Waals surface area contributed by atoms with Crippen LogP contribution in [-0.2, 0) is 14.6 Å². The Balaban J connectivity index is 2.05. The lowest BCUT2D eigenvalue weighted by atomic mass is 10.00. The molecule has 3 rings (SSSR count). The van der Waals surface area contributed by atoms with Gasteiger partial charge in [-0.25, -0.2) is 8.42 Å². The molecule has 24 heavy (non-hydrogen) atoms. The Morgan fingerprint density at radius 3 is 2.29 bits per heavy atom. The average Bonchev–Trinajstić information content (AvgIpc) is 2.96. The summed E-state index contributed by atoms with van der Waals surface area (Å²) in [5.41, 5.74) is 2.96. The van der Waals surface area contributed by atoms with Crippen molar-refractivity contribution in [3.05, 3.63) is 53.9 Å². The Bertz CT molecular complexity index is 910. The summed E-state index contributed by atoms with van der Waals surface area (Å²) in [7, 11) is -1.68. The van der Waals surface area contributed by atoms with Gasteiger partial charge in [-0.3, -0.25) is 9.78 Å². The van der Waals surface area contributed by atoms with Crippen molar-refractivity contribution in [3.8, 4) is 5.75 Å². The zero-order chi connectivity index (χ0) is 17.3. The Kier molecular flexibility index (Phi) is 4.24. The molecule has 1 aliphatic rings. The van der Waals surface area contributed by atoms with Gasteiger partial charge in [0.15, 0.2) is 15.6 Å². The summed E-state index contributed by atoms with van der Waals surface area (Å²) in [6.45, 7) is 0. The van der Waals surface area contributed by atoms with Gasteiger partial charge >= 0.3 is 0 Å². The lowest BCUT2D eigenvalue weighted by Gasteiger charge is -2.08. The molecule has 1 aliphatic carbocycles. The van der Waals surface area contributed by atoms with Crippen LogP contribution in [0.15, 0.2) is 47.5 Å². The second-order valence-corrected chi connectivity index (χ2v) is 7.67. The largest absolute Gasteiger partial charge is 0.495 e. The second-order valence-electron chi connectivity index (χ2n) is 5.66. The van der Waals surface area contributed by atoms with E-state index in [1.165, 1.54) is 6.26 Å². The van der Waals surface area contributed by atoms with Crippen LogP contribution in [0.4, 0.5) is 0 Å². The second kappa shape index (κ2) is 6.20. The summed E-state index contributed by atoms with van der Waals surface area (Å²) in [6.07, 6.45) is 3.82. The number of hydrogen-bond donors (Lipinski definition) is 0. The monoisotopic (exact) mass is 343 g/mol. The summed E-state index contributed by atoms with van der Waals surface area (Å²) in [5, 5.41) is 0. The summed E-state index contributed by atoms with van der Waals surface area (Å²) >= 11 is 0. The minimum Gasteiger partial charge on any atom is -0.495 e. The fourth-order valence-electron chi connectivity index (χ4n) is 2.80. The number of benzene rings is 1. The lowest BCUT2D eigenvalue weighted by Crippen LogP contribution is -1.99. The molecule has 6 heteroatoms. The number of methoxy groups -OCH3 is 1. The molecule has 1 aromatic heterocycles. The van der Waals surface area contributed by atoms with Crippen molar-refractivity contribution in [1.82, 2.24) is 4.98 Å². The number of allylic oxidation sites excluding steroid dienone is 2. The fourth-order valence-corrected chi connectivity index (χ4v) is 3.43. The van der Waals surface area contributed by atoms with Crippen LogP contribution in [0, 0.1) is 0 Å². The number of Topliss-reactive ketones (excluding diaryl/α,β-unsaturated/α-hetero) is 1. The number of carbonyl (C=O) groups excluding carboxylic acids is 1. The highest BCUT2D eigenvalue weighted by atomic mass is 32.2.